The second-order valence-electron chi connectivity index (χ2n) is 10.0. The normalized spacial score (nSPS) is 23.4. The van der Waals surface area contributed by atoms with Crippen LogP contribution in [0.5, 0.6) is 0 Å². The average Bonchev–Trinajstić information content (AvgIpc) is 3.45. The van der Waals surface area contributed by atoms with E-state index in [4.69, 9.17) is 9.97 Å². The molecule has 3 aliphatic rings. The number of aromatic nitrogens is 2. The molecule has 1 aliphatic heterocycles. The van der Waals surface area contributed by atoms with Crippen LogP contribution in [0.15, 0.2) is 0 Å². The Morgan fingerprint density at radius 3 is 2.58 bits per heavy atom. The summed E-state index contributed by atoms with van der Waals surface area (Å²) in [5.41, 5.74) is 1.51. The van der Waals surface area contributed by atoms with Gasteiger partial charge in [-0.3, -0.25) is 4.79 Å². The fraction of sp³-hybridized carbons (Fsp3) is 0.720. The first-order valence-corrected chi connectivity index (χ1v) is 13.2. The fourth-order valence-electron chi connectivity index (χ4n) is 5.54. The molecular formula is C25H36N4OS. The lowest BCUT2D eigenvalue weighted by atomic mass is 9.89. The van der Waals surface area contributed by atoms with Gasteiger partial charge in [0.2, 0.25) is 5.91 Å². The van der Waals surface area contributed by atoms with Gasteiger partial charge in [0.15, 0.2) is 0 Å². The number of hydrogen-bond donors (Lipinski definition) is 0. The molecule has 1 saturated heterocycles. The molecule has 1 saturated carbocycles. The van der Waals surface area contributed by atoms with Gasteiger partial charge in [-0.2, -0.15) is 0 Å². The van der Waals surface area contributed by atoms with Crippen molar-refractivity contribution < 1.29 is 4.79 Å². The molecule has 5 nitrogen and oxygen atoms in total. The highest BCUT2D eigenvalue weighted by Gasteiger charge is 2.32. The SMILES string of the molecule is CC[C@@H](C)c1nc(N2CCN(C(=O)C3CCCC3)CC2)c2c3c(sc2n1)C[C@H](C)CC3. The van der Waals surface area contributed by atoms with Crippen LogP contribution in [0.2, 0.25) is 0 Å². The summed E-state index contributed by atoms with van der Waals surface area (Å²) >= 11 is 1.90. The number of aryl methyl sites for hydroxylation is 1. The highest BCUT2D eigenvalue weighted by Crippen LogP contribution is 2.42. The maximum atomic E-state index is 12.9. The Balaban J connectivity index is 1.45. The summed E-state index contributed by atoms with van der Waals surface area (Å²) in [5.74, 6) is 3.93. The number of piperazine rings is 1. The van der Waals surface area contributed by atoms with Crippen LogP contribution >= 0.6 is 11.3 Å². The third-order valence-corrected chi connectivity index (χ3v) is 8.95. The standard InChI is InChI=1S/C25H36N4OS/c1-4-17(3)22-26-23(21-19-10-9-16(2)15-20(19)31-24(21)27-22)28-11-13-29(14-12-28)25(30)18-7-5-6-8-18/h16-18H,4-15H2,1-3H3/t16-,17-/m1/s1. The van der Waals surface area contributed by atoms with Crippen LogP contribution in [0.25, 0.3) is 10.2 Å². The van der Waals surface area contributed by atoms with E-state index in [1.807, 2.05) is 11.3 Å². The van der Waals surface area contributed by atoms with Gasteiger partial charge in [-0.1, -0.05) is 33.6 Å². The van der Waals surface area contributed by atoms with E-state index in [2.05, 4.69) is 30.6 Å². The van der Waals surface area contributed by atoms with Crippen molar-refractivity contribution >= 4 is 33.3 Å². The zero-order valence-electron chi connectivity index (χ0n) is 19.3. The Bertz CT molecular complexity index is 956. The Morgan fingerprint density at radius 2 is 1.87 bits per heavy atom. The number of rotatable bonds is 4. The van der Waals surface area contributed by atoms with Crippen molar-refractivity contribution in [2.24, 2.45) is 11.8 Å². The molecule has 31 heavy (non-hydrogen) atoms. The maximum absolute atomic E-state index is 12.9. The molecular weight excluding hydrogens is 404 g/mol. The Labute approximate surface area is 190 Å². The van der Waals surface area contributed by atoms with Gasteiger partial charge in [0, 0.05) is 42.9 Å². The van der Waals surface area contributed by atoms with Gasteiger partial charge >= 0.3 is 0 Å². The largest absolute Gasteiger partial charge is 0.352 e. The van der Waals surface area contributed by atoms with Crippen molar-refractivity contribution in [2.45, 2.75) is 78.1 Å². The number of nitrogens with zero attached hydrogens (tertiary/aromatic N) is 4. The van der Waals surface area contributed by atoms with Gasteiger partial charge in [-0.05, 0) is 50.0 Å². The molecule has 0 bridgehead atoms. The van der Waals surface area contributed by atoms with Crippen LogP contribution in [-0.2, 0) is 17.6 Å². The third kappa shape index (κ3) is 3.96. The molecule has 3 heterocycles. The maximum Gasteiger partial charge on any atom is 0.225 e. The number of amides is 1. The molecule has 0 N–H and O–H groups in total. The highest BCUT2D eigenvalue weighted by molar-refractivity contribution is 7.19. The Kier molecular flexibility index (Phi) is 5.93. The molecule has 0 spiro atoms. The van der Waals surface area contributed by atoms with Gasteiger partial charge < -0.3 is 9.80 Å². The lowest BCUT2D eigenvalue weighted by molar-refractivity contribution is -0.135. The van der Waals surface area contributed by atoms with E-state index in [9.17, 15) is 4.79 Å². The minimum absolute atomic E-state index is 0.278. The van der Waals surface area contributed by atoms with E-state index in [0.29, 0.717) is 11.8 Å². The van der Waals surface area contributed by atoms with Crippen LogP contribution in [0.3, 0.4) is 0 Å². The first-order valence-electron chi connectivity index (χ1n) is 12.4. The van der Waals surface area contributed by atoms with E-state index < -0.39 is 0 Å². The molecule has 168 valence electrons. The molecule has 6 heteroatoms. The minimum Gasteiger partial charge on any atom is -0.352 e. The van der Waals surface area contributed by atoms with Crippen LogP contribution in [-0.4, -0.2) is 47.0 Å². The van der Waals surface area contributed by atoms with Crippen LogP contribution < -0.4 is 4.90 Å². The molecule has 2 aromatic heterocycles. The molecule has 0 unspecified atom stereocenters. The number of hydrogen-bond acceptors (Lipinski definition) is 5. The summed E-state index contributed by atoms with van der Waals surface area (Å²) in [5, 5.41) is 1.31. The predicted octanol–water partition coefficient (Wildman–Crippen LogP) is 5.17. The number of carbonyl (C=O) groups excluding carboxylic acids is 1. The lowest BCUT2D eigenvalue weighted by Crippen LogP contribution is -2.50. The summed E-state index contributed by atoms with van der Waals surface area (Å²) in [6, 6.07) is 0. The topological polar surface area (TPSA) is 49.3 Å². The highest BCUT2D eigenvalue weighted by atomic mass is 32.1. The quantitative estimate of drug-likeness (QED) is 0.658. The second kappa shape index (κ2) is 8.68. The monoisotopic (exact) mass is 440 g/mol. The zero-order chi connectivity index (χ0) is 21.5. The van der Waals surface area contributed by atoms with Crippen molar-refractivity contribution in [1.82, 2.24) is 14.9 Å². The first-order chi connectivity index (χ1) is 15.0. The van der Waals surface area contributed by atoms with E-state index in [1.165, 1.54) is 46.3 Å². The zero-order valence-corrected chi connectivity index (χ0v) is 20.1. The van der Waals surface area contributed by atoms with Gasteiger partial charge in [0.1, 0.15) is 16.5 Å². The minimum atomic E-state index is 0.278. The molecule has 2 atom stereocenters. The van der Waals surface area contributed by atoms with Crippen molar-refractivity contribution in [1.29, 1.82) is 0 Å². The number of fused-ring (bicyclic) bond motifs is 3. The summed E-state index contributed by atoms with van der Waals surface area (Å²) in [7, 11) is 0. The fourth-order valence-corrected chi connectivity index (χ4v) is 6.92. The predicted molar refractivity (Wildman–Crippen MR) is 128 cm³/mol. The number of thiophene rings is 1. The summed E-state index contributed by atoms with van der Waals surface area (Å²) in [6.07, 6.45) is 9.25. The second-order valence-corrected chi connectivity index (χ2v) is 11.1. The lowest BCUT2D eigenvalue weighted by Gasteiger charge is -2.37. The molecule has 2 aromatic rings. The summed E-state index contributed by atoms with van der Waals surface area (Å²) in [6.45, 7) is 10.2. The molecule has 0 radical (unpaired) electrons. The van der Waals surface area contributed by atoms with Crippen molar-refractivity contribution in [3.63, 3.8) is 0 Å². The summed E-state index contributed by atoms with van der Waals surface area (Å²) in [4.78, 5) is 30.4. The van der Waals surface area contributed by atoms with Crippen LogP contribution in [0, 0.1) is 11.8 Å². The van der Waals surface area contributed by atoms with E-state index in [1.54, 1.807) is 0 Å². The van der Waals surface area contributed by atoms with Gasteiger partial charge in [-0.25, -0.2) is 9.97 Å². The average molecular weight is 441 g/mol. The van der Waals surface area contributed by atoms with Gasteiger partial charge in [-0.15, -0.1) is 11.3 Å². The van der Waals surface area contributed by atoms with Crippen molar-refractivity contribution in [3.8, 4) is 0 Å². The number of anilines is 1. The summed E-state index contributed by atoms with van der Waals surface area (Å²) < 4.78 is 0. The molecule has 5 rings (SSSR count). The van der Waals surface area contributed by atoms with Gasteiger partial charge in [0.05, 0.1) is 5.39 Å². The van der Waals surface area contributed by atoms with Gasteiger partial charge in [0.25, 0.3) is 0 Å². The molecule has 1 amide bonds. The van der Waals surface area contributed by atoms with E-state index in [-0.39, 0.29) is 5.92 Å². The first kappa shape index (κ1) is 21.2. The molecule has 2 fully saturated rings. The van der Waals surface area contributed by atoms with E-state index >= 15 is 0 Å². The van der Waals surface area contributed by atoms with Crippen molar-refractivity contribution in [2.75, 3.05) is 31.1 Å². The van der Waals surface area contributed by atoms with Crippen LogP contribution in [0.1, 0.15) is 81.5 Å². The molecule has 2 aliphatic carbocycles. The van der Waals surface area contributed by atoms with E-state index in [0.717, 1.165) is 69.4 Å². The Hall–Kier alpha value is -1.69. The number of carbonyl (C=O) groups is 1. The van der Waals surface area contributed by atoms with Crippen LogP contribution in [0.4, 0.5) is 5.82 Å². The smallest absolute Gasteiger partial charge is 0.225 e. The Morgan fingerprint density at radius 1 is 1.13 bits per heavy atom. The third-order valence-electron chi connectivity index (χ3n) is 7.80. The van der Waals surface area contributed by atoms with Crippen molar-refractivity contribution in [3.05, 3.63) is 16.3 Å². The molecule has 0 aromatic carbocycles.